The van der Waals surface area contributed by atoms with Crippen LogP contribution in [0.5, 0.6) is 0 Å². The average molecular weight is 259 g/mol. The van der Waals surface area contributed by atoms with E-state index < -0.39 is 11.5 Å². The normalized spacial score (nSPS) is 9.95. The molecule has 19 heavy (non-hydrogen) atoms. The third-order valence-electron chi connectivity index (χ3n) is 2.51. The lowest BCUT2D eigenvalue weighted by Crippen LogP contribution is -2.31. The molecular formula is C14H13NO4. The number of hydrogen-bond donors (Lipinski definition) is 0. The van der Waals surface area contributed by atoms with Gasteiger partial charge in [-0.15, -0.1) is 4.73 Å². The van der Waals surface area contributed by atoms with Crippen LogP contribution in [0.25, 0.3) is 0 Å². The Morgan fingerprint density at radius 1 is 1.11 bits per heavy atom. The van der Waals surface area contributed by atoms with Gasteiger partial charge in [-0.05, 0) is 11.6 Å². The molecule has 1 aromatic heterocycles. The Kier molecular flexibility index (Phi) is 3.97. The van der Waals surface area contributed by atoms with Crippen LogP contribution in [0.2, 0.25) is 0 Å². The third kappa shape index (κ3) is 3.01. The fraction of sp³-hybridized carbons (Fsp3) is 0.143. The zero-order valence-electron chi connectivity index (χ0n) is 10.4. The Morgan fingerprint density at radius 2 is 1.84 bits per heavy atom. The van der Waals surface area contributed by atoms with Gasteiger partial charge < -0.3 is 9.57 Å². The van der Waals surface area contributed by atoms with Gasteiger partial charge in [0.25, 0.3) is 5.56 Å². The smallest absolute Gasteiger partial charge is 0.358 e. The summed E-state index contributed by atoms with van der Waals surface area (Å²) in [5, 5.41) is 0. The molecule has 0 N–H and O–H groups in total. The molecule has 2 aromatic rings. The summed E-state index contributed by atoms with van der Waals surface area (Å²) in [5.74, 6) is -0.620. The number of ether oxygens (including phenoxy) is 1. The zero-order chi connectivity index (χ0) is 13.7. The van der Waals surface area contributed by atoms with Crippen molar-refractivity contribution in [3.05, 3.63) is 70.1 Å². The fourth-order valence-corrected chi connectivity index (χ4v) is 1.58. The maximum absolute atomic E-state index is 11.7. The van der Waals surface area contributed by atoms with E-state index in [0.29, 0.717) is 0 Å². The van der Waals surface area contributed by atoms with Crippen LogP contribution in [-0.2, 0) is 11.3 Å². The summed E-state index contributed by atoms with van der Waals surface area (Å²) in [6, 6.07) is 13.6. The predicted octanol–water partition coefficient (Wildman–Crippen LogP) is 1.26. The minimum atomic E-state index is -0.620. The summed E-state index contributed by atoms with van der Waals surface area (Å²) in [6.45, 7) is 0.189. The van der Waals surface area contributed by atoms with Crippen molar-refractivity contribution in [1.29, 1.82) is 0 Å². The molecule has 2 rings (SSSR count). The Balaban J connectivity index is 2.24. The molecule has 0 aliphatic heterocycles. The topological polar surface area (TPSA) is 57.5 Å². The van der Waals surface area contributed by atoms with Gasteiger partial charge in [0.05, 0.1) is 7.11 Å². The molecule has 0 fully saturated rings. The highest BCUT2D eigenvalue weighted by molar-refractivity contribution is 5.87. The van der Waals surface area contributed by atoms with E-state index in [1.807, 2.05) is 30.3 Å². The first kappa shape index (κ1) is 12.9. The summed E-state index contributed by atoms with van der Waals surface area (Å²) in [7, 11) is 1.25. The number of esters is 1. The van der Waals surface area contributed by atoms with E-state index in [4.69, 9.17) is 4.84 Å². The van der Waals surface area contributed by atoms with Gasteiger partial charge in [-0.25, -0.2) is 4.79 Å². The third-order valence-corrected chi connectivity index (χ3v) is 2.51. The van der Waals surface area contributed by atoms with Crippen LogP contribution in [0.4, 0.5) is 0 Å². The standard InChI is InChI=1S/C14H13NO4/c1-18-14(17)12-8-5-9-13(16)15(12)19-10-11-6-3-2-4-7-11/h2-9H,10H2,1H3. The van der Waals surface area contributed by atoms with Gasteiger partial charge in [-0.1, -0.05) is 36.4 Å². The molecule has 98 valence electrons. The van der Waals surface area contributed by atoms with Crippen LogP contribution in [0, 0.1) is 0 Å². The van der Waals surface area contributed by atoms with Crippen LogP contribution in [-0.4, -0.2) is 17.8 Å². The van der Waals surface area contributed by atoms with Crippen molar-refractivity contribution in [2.45, 2.75) is 6.61 Å². The number of rotatable bonds is 4. The molecule has 1 heterocycles. The van der Waals surface area contributed by atoms with Crippen molar-refractivity contribution in [3.63, 3.8) is 0 Å². The molecule has 0 saturated carbocycles. The monoisotopic (exact) mass is 259 g/mol. The number of carbonyl (C=O) groups is 1. The summed E-state index contributed by atoms with van der Waals surface area (Å²) in [4.78, 5) is 28.6. The van der Waals surface area contributed by atoms with E-state index in [9.17, 15) is 9.59 Å². The second-order valence-electron chi connectivity index (χ2n) is 3.79. The van der Waals surface area contributed by atoms with Crippen LogP contribution < -0.4 is 10.4 Å². The van der Waals surface area contributed by atoms with Crippen molar-refractivity contribution < 1.29 is 14.4 Å². The van der Waals surface area contributed by atoms with Gasteiger partial charge in [0.1, 0.15) is 6.61 Å². The second kappa shape index (κ2) is 5.86. The molecule has 5 nitrogen and oxygen atoms in total. The largest absolute Gasteiger partial charge is 0.464 e. The van der Waals surface area contributed by atoms with Gasteiger partial charge in [0.2, 0.25) is 0 Å². The number of methoxy groups -OCH3 is 1. The van der Waals surface area contributed by atoms with Gasteiger partial charge in [-0.3, -0.25) is 4.79 Å². The molecule has 1 aromatic carbocycles. The Hall–Kier alpha value is -2.56. The second-order valence-corrected chi connectivity index (χ2v) is 3.79. The van der Waals surface area contributed by atoms with Crippen molar-refractivity contribution >= 4 is 5.97 Å². The number of carbonyl (C=O) groups excluding carboxylic acids is 1. The predicted molar refractivity (Wildman–Crippen MR) is 68.8 cm³/mol. The number of benzene rings is 1. The van der Waals surface area contributed by atoms with Crippen molar-refractivity contribution in [1.82, 2.24) is 4.73 Å². The van der Waals surface area contributed by atoms with E-state index >= 15 is 0 Å². The lowest BCUT2D eigenvalue weighted by atomic mass is 10.2. The van der Waals surface area contributed by atoms with Gasteiger partial charge >= 0.3 is 5.97 Å². The molecule has 0 spiro atoms. The number of pyridine rings is 1. The zero-order valence-corrected chi connectivity index (χ0v) is 10.4. The molecule has 0 bridgehead atoms. The van der Waals surface area contributed by atoms with E-state index in [0.717, 1.165) is 10.3 Å². The summed E-state index contributed by atoms with van der Waals surface area (Å²) in [5.41, 5.74) is 0.541. The summed E-state index contributed by atoms with van der Waals surface area (Å²) < 4.78 is 5.55. The minimum Gasteiger partial charge on any atom is -0.464 e. The van der Waals surface area contributed by atoms with Gasteiger partial charge in [0.15, 0.2) is 5.69 Å². The van der Waals surface area contributed by atoms with E-state index in [1.165, 1.54) is 25.3 Å². The molecule has 0 aliphatic carbocycles. The van der Waals surface area contributed by atoms with Gasteiger partial charge in [-0.2, -0.15) is 0 Å². The van der Waals surface area contributed by atoms with Gasteiger partial charge in [0, 0.05) is 6.07 Å². The van der Waals surface area contributed by atoms with Crippen LogP contribution in [0.1, 0.15) is 16.1 Å². The highest BCUT2D eigenvalue weighted by Crippen LogP contribution is 2.01. The molecular weight excluding hydrogens is 246 g/mol. The van der Waals surface area contributed by atoms with Crippen molar-refractivity contribution in [2.75, 3.05) is 7.11 Å². The Morgan fingerprint density at radius 3 is 2.53 bits per heavy atom. The molecule has 0 aliphatic rings. The lowest BCUT2D eigenvalue weighted by molar-refractivity contribution is 0.0460. The summed E-state index contributed by atoms with van der Waals surface area (Å²) >= 11 is 0. The van der Waals surface area contributed by atoms with E-state index in [1.54, 1.807) is 0 Å². The van der Waals surface area contributed by atoms with E-state index in [-0.39, 0.29) is 12.3 Å². The first-order valence-electron chi connectivity index (χ1n) is 5.70. The molecule has 5 heteroatoms. The number of aromatic nitrogens is 1. The van der Waals surface area contributed by atoms with Crippen LogP contribution in [0.3, 0.4) is 0 Å². The molecule has 0 unspecified atom stereocenters. The summed E-state index contributed by atoms with van der Waals surface area (Å²) in [6.07, 6.45) is 0. The quantitative estimate of drug-likeness (QED) is 0.776. The molecule has 0 atom stereocenters. The van der Waals surface area contributed by atoms with Crippen LogP contribution >= 0.6 is 0 Å². The van der Waals surface area contributed by atoms with E-state index in [2.05, 4.69) is 4.74 Å². The average Bonchev–Trinajstić information content (AvgIpc) is 2.46. The van der Waals surface area contributed by atoms with Crippen molar-refractivity contribution in [3.8, 4) is 0 Å². The maximum atomic E-state index is 11.7. The number of nitrogens with zero attached hydrogens (tertiary/aromatic N) is 1. The van der Waals surface area contributed by atoms with Crippen molar-refractivity contribution in [2.24, 2.45) is 0 Å². The number of hydrogen-bond acceptors (Lipinski definition) is 4. The lowest BCUT2D eigenvalue weighted by Gasteiger charge is -2.11. The minimum absolute atomic E-state index is 0.0610. The fourth-order valence-electron chi connectivity index (χ4n) is 1.58. The first-order chi connectivity index (χ1) is 9.22. The Bertz CT molecular complexity index is 619. The molecule has 0 radical (unpaired) electrons. The highest BCUT2D eigenvalue weighted by Gasteiger charge is 2.13. The SMILES string of the molecule is COC(=O)c1cccc(=O)n1OCc1ccccc1. The maximum Gasteiger partial charge on any atom is 0.358 e. The van der Waals surface area contributed by atoms with Crippen LogP contribution in [0.15, 0.2) is 53.3 Å². The molecule has 0 amide bonds. The highest BCUT2D eigenvalue weighted by atomic mass is 16.7. The molecule has 0 saturated heterocycles. The Labute approximate surface area is 110 Å². The first-order valence-corrected chi connectivity index (χ1v) is 5.70.